The van der Waals surface area contributed by atoms with E-state index in [1.54, 1.807) is 30.3 Å². The predicted molar refractivity (Wildman–Crippen MR) is 194 cm³/mol. The molecule has 2 N–H and O–H groups in total. The third kappa shape index (κ3) is 9.49. The zero-order valence-corrected chi connectivity index (χ0v) is 29.2. The lowest BCUT2D eigenvalue weighted by Gasteiger charge is -2.36. The molecule has 6 rings (SSSR count). The molecule has 0 radical (unpaired) electrons. The van der Waals surface area contributed by atoms with Crippen molar-refractivity contribution in [2.24, 2.45) is 0 Å². The van der Waals surface area contributed by atoms with Gasteiger partial charge in [-0.1, -0.05) is 109 Å². The van der Waals surface area contributed by atoms with Crippen LogP contribution in [-0.4, -0.2) is 54.7 Å². The molecule has 10 nitrogen and oxygen atoms in total. The van der Waals surface area contributed by atoms with E-state index in [9.17, 15) is 22.6 Å². The molecule has 12 heteroatoms. The summed E-state index contributed by atoms with van der Waals surface area (Å²) in [6, 6.07) is 42.7. The maximum Gasteiger partial charge on any atom is 0.351 e. The van der Waals surface area contributed by atoms with E-state index in [0.29, 0.717) is 23.7 Å². The molecular formula is C38H39N3O7SSi. The summed E-state index contributed by atoms with van der Waals surface area (Å²) < 4.78 is 48.5. The smallest absolute Gasteiger partial charge is 0.351 e. The van der Waals surface area contributed by atoms with Crippen molar-refractivity contribution < 1.29 is 26.9 Å². The lowest BCUT2D eigenvalue weighted by molar-refractivity contribution is -0.0194. The average Bonchev–Trinajstić information content (AvgIpc) is 3.50. The van der Waals surface area contributed by atoms with E-state index >= 15 is 0 Å². The minimum Gasteiger partial charge on any atom is -0.410 e. The fraction of sp³-hybridized carbons (Fsp3) is 0.237. The van der Waals surface area contributed by atoms with Crippen LogP contribution in [0.25, 0.3) is 0 Å². The summed E-state index contributed by atoms with van der Waals surface area (Å²) in [5, 5.41) is 2.65. The number of anilines is 1. The molecule has 50 heavy (non-hydrogen) atoms. The highest BCUT2D eigenvalue weighted by atomic mass is 32.2. The van der Waals surface area contributed by atoms with E-state index in [2.05, 4.69) is 46.7 Å². The van der Waals surface area contributed by atoms with Gasteiger partial charge in [-0.15, -0.1) is 0 Å². The summed E-state index contributed by atoms with van der Waals surface area (Å²) >= 11 is 0. The molecule has 0 saturated carbocycles. The Hall–Kier alpha value is -4.72. The summed E-state index contributed by atoms with van der Waals surface area (Å²) in [7, 11) is -7.15. The van der Waals surface area contributed by atoms with E-state index in [-0.39, 0.29) is 18.7 Å². The number of hydrogen-bond acceptors (Lipinski definition) is 7. The van der Waals surface area contributed by atoms with Crippen LogP contribution in [0.2, 0.25) is 0 Å². The van der Waals surface area contributed by atoms with Crippen molar-refractivity contribution in [3.05, 3.63) is 166 Å². The van der Waals surface area contributed by atoms with Gasteiger partial charge >= 0.3 is 5.69 Å². The molecule has 1 fully saturated rings. The zero-order valence-electron chi connectivity index (χ0n) is 27.4. The molecule has 0 bridgehead atoms. The van der Waals surface area contributed by atoms with Crippen LogP contribution < -0.4 is 11.0 Å². The fourth-order valence-corrected chi connectivity index (χ4v) is 11.5. The number of rotatable bonds is 14. The highest BCUT2D eigenvalue weighted by Gasteiger charge is 2.45. The first-order chi connectivity index (χ1) is 24.1. The Kier molecular flexibility index (Phi) is 11.1. The van der Waals surface area contributed by atoms with Gasteiger partial charge in [0, 0.05) is 18.2 Å². The summed E-state index contributed by atoms with van der Waals surface area (Å²) in [5.41, 5.74) is 3.17. The van der Waals surface area contributed by atoms with Crippen LogP contribution >= 0.6 is 0 Å². The van der Waals surface area contributed by atoms with Crippen LogP contribution in [0.5, 0.6) is 0 Å². The number of amides is 1. The van der Waals surface area contributed by atoms with Gasteiger partial charge in [0.25, 0.3) is 16.0 Å². The quantitative estimate of drug-likeness (QED) is 0.110. The number of carbonyl (C=O) groups is 1. The molecule has 5 aromatic rings. The van der Waals surface area contributed by atoms with Gasteiger partial charge in [-0.2, -0.15) is 13.4 Å². The molecule has 1 amide bonds. The average molecular weight is 710 g/mol. The molecule has 2 heterocycles. The van der Waals surface area contributed by atoms with Crippen molar-refractivity contribution in [3.63, 3.8) is 0 Å². The van der Waals surface area contributed by atoms with Crippen molar-refractivity contribution in [1.82, 2.24) is 9.55 Å². The second-order valence-corrected chi connectivity index (χ2v) is 17.8. The monoisotopic (exact) mass is 709 g/mol. The van der Waals surface area contributed by atoms with Crippen molar-refractivity contribution in [1.29, 1.82) is 0 Å². The van der Waals surface area contributed by atoms with Crippen LogP contribution in [0, 0.1) is 0 Å². The lowest BCUT2D eigenvalue weighted by atomic mass is 10.1. The number of nitrogens with zero attached hydrogens (tertiary/aromatic N) is 2. The Morgan fingerprint density at radius 2 is 1.32 bits per heavy atom. The first-order valence-electron chi connectivity index (χ1n) is 16.5. The van der Waals surface area contributed by atoms with E-state index in [1.807, 2.05) is 54.6 Å². The summed E-state index contributed by atoms with van der Waals surface area (Å²) in [6.07, 6.45) is -0.414. The summed E-state index contributed by atoms with van der Waals surface area (Å²) in [4.78, 5) is 30.1. The Labute approximate surface area is 292 Å². The molecule has 0 unspecified atom stereocenters. The van der Waals surface area contributed by atoms with Crippen LogP contribution in [0.3, 0.4) is 0 Å². The molecule has 1 aliphatic rings. The molecule has 258 valence electrons. The summed E-state index contributed by atoms with van der Waals surface area (Å²) in [6.45, 7) is 0. The Morgan fingerprint density at radius 3 is 1.80 bits per heavy atom. The van der Waals surface area contributed by atoms with Crippen LogP contribution in [0.1, 0.15) is 46.1 Å². The fourth-order valence-electron chi connectivity index (χ4n) is 6.53. The molecule has 4 aromatic carbocycles. The second kappa shape index (κ2) is 15.9. The van der Waals surface area contributed by atoms with Gasteiger partial charge in [0.1, 0.15) is 12.0 Å². The van der Waals surface area contributed by atoms with Crippen molar-refractivity contribution >= 4 is 30.2 Å². The van der Waals surface area contributed by atoms with E-state index in [0.717, 1.165) is 16.7 Å². The molecule has 1 aliphatic heterocycles. The van der Waals surface area contributed by atoms with Gasteiger partial charge in [-0.3, -0.25) is 13.9 Å². The number of nitrogens with one attached hydrogen (secondary N) is 1. The molecule has 3 atom stereocenters. The molecule has 1 aromatic heterocycles. The Bertz CT molecular complexity index is 1930. The van der Waals surface area contributed by atoms with E-state index in [4.69, 9.17) is 9.16 Å². The normalized spacial score (nSPS) is 17.7. The first-order valence-corrected chi connectivity index (χ1v) is 20.6. The lowest BCUT2D eigenvalue weighted by Crippen LogP contribution is -2.51. The van der Waals surface area contributed by atoms with Crippen LogP contribution in [0.4, 0.5) is 5.82 Å². The Balaban J connectivity index is 1.32. The maximum absolute atomic E-state index is 13.3. The third-order valence-electron chi connectivity index (χ3n) is 8.77. The molecule has 0 spiro atoms. The Morgan fingerprint density at radius 1 is 0.820 bits per heavy atom. The number of hydrogen-bond donors (Lipinski definition) is 2. The summed E-state index contributed by atoms with van der Waals surface area (Å²) in [5.74, 6) is -0.830. The van der Waals surface area contributed by atoms with Crippen molar-refractivity contribution in [2.75, 3.05) is 11.1 Å². The number of ether oxygens (including phenoxy) is 1. The first kappa shape index (κ1) is 35.1. The van der Waals surface area contributed by atoms with Gasteiger partial charge in [-0.25, -0.2) is 4.79 Å². The van der Waals surface area contributed by atoms with E-state index < -0.39 is 54.2 Å². The highest BCUT2D eigenvalue weighted by molar-refractivity contribution is 7.85. The van der Waals surface area contributed by atoms with E-state index in [1.165, 1.54) is 16.8 Å². The largest absolute Gasteiger partial charge is 0.410 e. The molecular weight excluding hydrogens is 671 g/mol. The van der Waals surface area contributed by atoms with Gasteiger partial charge in [0.2, 0.25) is 8.32 Å². The predicted octanol–water partition coefficient (Wildman–Crippen LogP) is 5.74. The zero-order chi connectivity index (χ0) is 35.0. The van der Waals surface area contributed by atoms with Gasteiger partial charge in [0.05, 0.1) is 18.0 Å². The topological polar surface area (TPSA) is 137 Å². The van der Waals surface area contributed by atoms with Gasteiger partial charge in [0.15, 0.2) is 0 Å². The second-order valence-electron chi connectivity index (χ2n) is 12.6. The molecule has 0 aliphatic carbocycles. The maximum atomic E-state index is 13.3. The number of benzene rings is 4. The minimum absolute atomic E-state index is 0.0279. The van der Waals surface area contributed by atoms with Gasteiger partial charge < -0.3 is 14.5 Å². The number of aromatic nitrogens is 2. The van der Waals surface area contributed by atoms with Crippen molar-refractivity contribution in [3.8, 4) is 0 Å². The van der Waals surface area contributed by atoms with Crippen LogP contribution in [-0.2, 0) is 37.4 Å². The van der Waals surface area contributed by atoms with Crippen molar-refractivity contribution in [2.45, 2.75) is 49.4 Å². The standard InChI is InChI=1S/C38H39N3O7SSi/c42-37(32-19-11-4-12-20-32)39-35-21-23-41(38(43)40-35)36-25-34(33(47-36)22-24-49(44,45)46)48-50(26-29-13-5-1-6-14-29,27-30-15-7-2-8-16-30)28-31-17-9-3-10-18-31/h1-21,23,33-34,36H,22,24-28H2,(H,44,45,46)(H,39,40,42,43)/t33-,34+,36-/m1/s1. The SMILES string of the molecule is O=C(Nc1ccn([C@H]2C[C@H](O[Si](Cc3ccccc3)(Cc3ccccc3)Cc3ccccc3)[C@@H](CCS(=O)(=O)O)O2)c(=O)n1)c1ccccc1. The minimum atomic E-state index is -4.30. The number of carbonyl (C=O) groups excluding carboxylic acids is 1. The van der Waals surface area contributed by atoms with Crippen LogP contribution in [0.15, 0.2) is 138 Å². The van der Waals surface area contributed by atoms with Gasteiger partial charge in [-0.05, 0) is 59.4 Å². The molecule has 1 saturated heterocycles. The third-order valence-corrected chi connectivity index (χ3v) is 13.5. The highest BCUT2D eigenvalue weighted by Crippen LogP contribution is 2.36.